The van der Waals surface area contributed by atoms with E-state index in [4.69, 9.17) is 25.3 Å². The van der Waals surface area contributed by atoms with Crippen LogP contribution in [0.5, 0.6) is 0 Å². The number of nitrogens with zero attached hydrogens (tertiary/aromatic N) is 2. The molecule has 0 radical (unpaired) electrons. The highest BCUT2D eigenvalue weighted by Crippen LogP contribution is 2.38. The SMILES string of the molecule is Sc1c2ccccc2c(S)c2cc(-c3ncn[nH]3)ccc12. The van der Waals surface area contributed by atoms with E-state index in [2.05, 4.69) is 39.4 Å². The lowest BCUT2D eigenvalue weighted by molar-refractivity contribution is 1.10. The zero-order valence-electron chi connectivity index (χ0n) is 10.9. The topological polar surface area (TPSA) is 41.6 Å². The number of rotatable bonds is 1. The smallest absolute Gasteiger partial charge is 0.155 e. The molecule has 4 rings (SSSR count). The van der Waals surface area contributed by atoms with Crippen molar-refractivity contribution in [1.82, 2.24) is 15.2 Å². The van der Waals surface area contributed by atoms with Crippen molar-refractivity contribution in [2.45, 2.75) is 9.79 Å². The molecule has 0 aliphatic carbocycles. The van der Waals surface area contributed by atoms with Crippen LogP contribution in [0.25, 0.3) is 32.9 Å². The normalized spacial score (nSPS) is 11.3. The Kier molecular flexibility index (Phi) is 2.90. The number of aromatic amines is 1. The van der Waals surface area contributed by atoms with E-state index < -0.39 is 0 Å². The van der Waals surface area contributed by atoms with Crippen LogP contribution in [0.4, 0.5) is 0 Å². The van der Waals surface area contributed by atoms with E-state index >= 15 is 0 Å². The lowest BCUT2D eigenvalue weighted by atomic mass is 10.0. The van der Waals surface area contributed by atoms with Crippen molar-refractivity contribution in [3.63, 3.8) is 0 Å². The van der Waals surface area contributed by atoms with Crippen LogP contribution in [-0.2, 0) is 0 Å². The van der Waals surface area contributed by atoms with Crippen molar-refractivity contribution < 1.29 is 0 Å². The monoisotopic (exact) mass is 309 g/mol. The third-order valence-electron chi connectivity index (χ3n) is 3.66. The number of benzene rings is 3. The number of nitrogens with one attached hydrogen (secondary N) is 1. The summed E-state index contributed by atoms with van der Waals surface area (Å²) in [5, 5.41) is 11.2. The summed E-state index contributed by atoms with van der Waals surface area (Å²) < 4.78 is 0. The maximum atomic E-state index is 4.73. The highest BCUT2D eigenvalue weighted by atomic mass is 32.1. The quantitative estimate of drug-likeness (QED) is 0.361. The van der Waals surface area contributed by atoms with Crippen LogP contribution in [0.1, 0.15) is 0 Å². The summed E-state index contributed by atoms with van der Waals surface area (Å²) in [6.45, 7) is 0. The number of hydrogen-bond acceptors (Lipinski definition) is 4. The highest BCUT2D eigenvalue weighted by molar-refractivity contribution is 7.81. The van der Waals surface area contributed by atoms with E-state index in [1.807, 2.05) is 18.2 Å². The van der Waals surface area contributed by atoms with Gasteiger partial charge in [0.1, 0.15) is 6.33 Å². The molecule has 0 unspecified atom stereocenters. The van der Waals surface area contributed by atoms with E-state index in [-0.39, 0.29) is 0 Å². The van der Waals surface area contributed by atoms with Crippen LogP contribution in [0.15, 0.2) is 58.6 Å². The molecule has 0 saturated heterocycles. The van der Waals surface area contributed by atoms with Crippen molar-refractivity contribution in [3.05, 3.63) is 48.8 Å². The van der Waals surface area contributed by atoms with Gasteiger partial charge in [-0.05, 0) is 27.6 Å². The molecule has 0 saturated carbocycles. The summed E-state index contributed by atoms with van der Waals surface area (Å²) in [5.74, 6) is 0.749. The third-order valence-corrected chi connectivity index (χ3v) is 4.62. The highest BCUT2D eigenvalue weighted by Gasteiger charge is 2.11. The summed E-state index contributed by atoms with van der Waals surface area (Å²) in [6.07, 6.45) is 1.51. The molecule has 3 nitrogen and oxygen atoms in total. The summed E-state index contributed by atoms with van der Waals surface area (Å²) >= 11 is 9.43. The van der Waals surface area contributed by atoms with Crippen LogP contribution in [-0.4, -0.2) is 15.2 Å². The molecule has 1 heterocycles. The molecule has 0 aliphatic rings. The van der Waals surface area contributed by atoms with Crippen LogP contribution in [0, 0.1) is 0 Å². The second-order valence-corrected chi connectivity index (χ2v) is 5.73. The van der Waals surface area contributed by atoms with Crippen LogP contribution in [0.3, 0.4) is 0 Å². The summed E-state index contributed by atoms with van der Waals surface area (Å²) in [6, 6.07) is 14.3. The number of fused-ring (bicyclic) bond motifs is 2. The van der Waals surface area contributed by atoms with Gasteiger partial charge in [0.2, 0.25) is 0 Å². The average Bonchev–Trinajstić information content (AvgIpc) is 3.06. The Balaban J connectivity index is 2.12. The molecule has 5 heteroatoms. The Morgan fingerprint density at radius 1 is 0.810 bits per heavy atom. The molecule has 0 amide bonds. The van der Waals surface area contributed by atoms with Crippen LogP contribution < -0.4 is 0 Å². The first-order chi connectivity index (χ1) is 10.3. The first-order valence-electron chi connectivity index (χ1n) is 6.48. The summed E-state index contributed by atoms with van der Waals surface area (Å²) in [4.78, 5) is 6.13. The molecule has 21 heavy (non-hydrogen) atoms. The number of H-pyrrole nitrogens is 1. The maximum Gasteiger partial charge on any atom is 0.155 e. The maximum absolute atomic E-state index is 4.73. The fourth-order valence-electron chi connectivity index (χ4n) is 2.62. The van der Waals surface area contributed by atoms with Gasteiger partial charge in [-0.3, -0.25) is 5.10 Å². The molecule has 0 spiro atoms. The van der Waals surface area contributed by atoms with Gasteiger partial charge in [0.15, 0.2) is 5.82 Å². The van der Waals surface area contributed by atoms with E-state index in [1.165, 1.54) is 6.33 Å². The molecular weight excluding hydrogens is 298 g/mol. The second kappa shape index (κ2) is 4.79. The van der Waals surface area contributed by atoms with Gasteiger partial charge in [-0.1, -0.05) is 36.4 Å². The number of aromatic nitrogens is 3. The summed E-state index contributed by atoms with van der Waals surface area (Å²) in [7, 11) is 0. The van der Waals surface area contributed by atoms with Gasteiger partial charge in [0.25, 0.3) is 0 Å². The van der Waals surface area contributed by atoms with Crippen molar-refractivity contribution in [2.75, 3.05) is 0 Å². The van der Waals surface area contributed by atoms with Gasteiger partial charge >= 0.3 is 0 Å². The van der Waals surface area contributed by atoms with Crippen molar-refractivity contribution in [3.8, 4) is 11.4 Å². The van der Waals surface area contributed by atoms with Crippen LogP contribution >= 0.6 is 25.3 Å². The minimum absolute atomic E-state index is 0.749. The molecule has 0 atom stereocenters. The number of hydrogen-bond donors (Lipinski definition) is 3. The second-order valence-electron chi connectivity index (χ2n) is 4.84. The lowest BCUT2D eigenvalue weighted by Gasteiger charge is -2.11. The fraction of sp³-hybridized carbons (Fsp3) is 0. The molecular formula is C16H11N3S2. The minimum Gasteiger partial charge on any atom is -0.259 e. The van der Waals surface area contributed by atoms with Crippen molar-refractivity contribution >= 4 is 46.8 Å². The molecule has 3 aromatic carbocycles. The fourth-order valence-corrected chi connectivity index (χ4v) is 3.39. The Labute approximate surface area is 132 Å². The molecule has 102 valence electrons. The third kappa shape index (κ3) is 1.92. The predicted molar refractivity (Wildman–Crippen MR) is 91.3 cm³/mol. The van der Waals surface area contributed by atoms with E-state index in [0.717, 1.165) is 42.7 Å². The van der Waals surface area contributed by atoms with Gasteiger partial charge in [-0.2, -0.15) is 5.10 Å². The first-order valence-corrected chi connectivity index (χ1v) is 7.37. The van der Waals surface area contributed by atoms with Crippen molar-refractivity contribution in [1.29, 1.82) is 0 Å². The largest absolute Gasteiger partial charge is 0.259 e. The average molecular weight is 309 g/mol. The summed E-state index contributed by atoms with van der Waals surface area (Å²) in [5.41, 5.74) is 0.985. The van der Waals surface area contributed by atoms with E-state index in [9.17, 15) is 0 Å². The molecule has 0 aliphatic heterocycles. The van der Waals surface area contributed by atoms with Gasteiger partial charge in [0.05, 0.1) is 0 Å². The molecule has 0 bridgehead atoms. The van der Waals surface area contributed by atoms with E-state index in [0.29, 0.717) is 0 Å². The van der Waals surface area contributed by atoms with E-state index in [1.54, 1.807) is 0 Å². The molecule has 4 aromatic rings. The molecule has 1 aromatic heterocycles. The van der Waals surface area contributed by atoms with Crippen molar-refractivity contribution in [2.24, 2.45) is 0 Å². The Hall–Kier alpha value is -1.98. The molecule has 1 N–H and O–H groups in total. The minimum atomic E-state index is 0.749. The van der Waals surface area contributed by atoms with Gasteiger partial charge in [0, 0.05) is 15.4 Å². The first kappa shape index (κ1) is 12.7. The van der Waals surface area contributed by atoms with Crippen LogP contribution in [0.2, 0.25) is 0 Å². The van der Waals surface area contributed by atoms with Gasteiger partial charge in [-0.15, -0.1) is 25.3 Å². The van der Waals surface area contributed by atoms with Gasteiger partial charge < -0.3 is 0 Å². The van der Waals surface area contributed by atoms with Gasteiger partial charge in [-0.25, -0.2) is 4.98 Å². The number of thiol groups is 2. The predicted octanol–water partition coefficient (Wildman–Crippen LogP) is 4.36. The Bertz CT molecular complexity index is 962. The zero-order chi connectivity index (χ0) is 14.4. The standard InChI is InChI=1S/C16H11N3S2/c20-14-10-3-1-2-4-11(10)15(21)13-7-9(5-6-12(13)14)16-17-8-18-19-16/h1-8,20-21H,(H,17,18,19). The molecule has 0 fully saturated rings. The zero-order valence-corrected chi connectivity index (χ0v) is 12.7. The Morgan fingerprint density at radius 2 is 1.48 bits per heavy atom. The Morgan fingerprint density at radius 3 is 2.14 bits per heavy atom. The lowest BCUT2D eigenvalue weighted by Crippen LogP contribution is -1.86.